The lowest BCUT2D eigenvalue weighted by molar-refractivity contribution is 0.112. The molecule has 0 aliphatic carbocycles. The molecule has 1 nitrogen and oxygen atoms in total. The Kier molecular flexibility index (Phi) is 2.97. The lowest BCUT2D eigenvalue weighted by Gasteiger charge is -2.03. The molecule has 0 atom stereocenters. The maximum Gasteiger partial charge on any atom is 0.150 e. The lowest BCUT2D eigenvalue weighted by Crippen LogP contribution is -1.83. The minimum Gasteiger partial charge on any atom is -0.298 e. The third kappa shape index (κ3) is 2.34. The number of aldehydes is 1. The molecule has 0 unspecified atom stereocenters. The largest absolute Gasteiger partial charge is 0.298 e. The molecule has 0 amide bonds. The number of hydrogen-bond acceptors (Lipinski definition) is 1. The highest BCUT2D eigenvalue weighted by Crippen LogP contribution is 2.24. The highest BCUT2D eigenvalue weighted by molar-refractivity contribution is 9.10. The Morgan fingerprint density at radius 1 is 0.933 bits per heavy atom. The van der Waals surface area contributed by atoms with Gasteiger partial charge in [0.15, 0.2) is 0 Å². The van der Waals surface area contributed by atoms with Gasteiger partial charge < -0.3 is 0 Å². The SMILES string of the molecule is O=Cc1cc(Br)cc(-c2ccccc2)c1. The van der Waals surface area contributed by atoms with Crippen LogP contribution >= 0.6 is 15.9 Å². The van der Waals surface area contributed by atoms with Crippen molar-refractivity contribution in [3.63, 3.8) is 0 Å². The summed E-state index contributed by atoms with van der Waals surface area (Å²) in [5.41, 5.74) is 2.84. The lowest BCUT2D eigenvalue weighted by atomic mass is 10.0. The van der Waals surface area contributed by atoms with Gasteiger partial charge in [-0.3, -0.25) is 4.79 Å². The summed E-state index contributed by atoms with van der Waals surface area (Å²) in [6.07, 6.45) is 0.858. The van der Waals surface area contributed by atoms with E-state index in [4.69, 9.17) is 0 Å². The zero-order valence-electron chi connectivity index (χ0n) is 7.98. The van der Waals surface area contributed by atoms with Gasteiger partial charge in [-0.1, -0.05) is 46.3 Å². The minimum absolute atomic E-state index is 0.684. The first kappa shape index (κ1) is 10.1. The van der Waals surface area contributed by atoms with Crippen LogP contribution < -0.4 is 0 Å². The van der Waals surface area contributed by atoms with Gasteiger partial charge in [0.25, 0.3) is 0 Å². The number of halogens is 1. The first-order valence-corrected chi connectivity index (χ1v) is 5.40. The number of rotatable bonds is 2. The topological polar surface area (TPSA) is 17.1 Å². The van der Waals surface area contributed by atoms with Crippen LogP contribution in [0.1, 0.15) is 10.4 Å². The van der Waals surface area contributed by atoms with Gasteiger partial charge in [0.1, 0.15) is 6.29 Å². The standard InChI is InChI=1S/C13H9BrO/c14-13-7-10(9-15)6-12(8-13)11-4-2-1-3-5-11/h1-9H. The van der Waals surface area contributed by atoms with E-state index >= 15 is 0 Å². The molecule has 0 aliphatic heterocycles. The summed E-state index contributed by atoms with van der Waals surface area (Å²) >= 11 is 3.39. The molecule has 0 N–H and O–H groups in total. The molecule has 0 fully saturated rings. The van der Waals surface area contributed by atoms with Crippen LogP contribution in [-0.2, 0) is 0 Å². The van der Waals surface area contributed by atoms with Gasteiger partial charge in [0.05, 0.1) is 0 Å². The summed E-state index contributed by atoms with van der Waals surface area (Å²) < 4.78 is 0.922. The summed E-state index contributed by atoms with van der Waals surface area (Å²) in [5.74, 6) is 0. The van der Waals surface area contributed by atoms with E-state index in [2.05, 4.69) is 15.9 Å². The smallest absolute Gasteiger partial charge is 0.150 e. The predicted molar refractivity (Wildman–Crippen MR) is 65.0 cm³/mol. The molecular weight excluding hydrogens is 252 g/mol. The molecule has 2 heteroatoms. The van der Waals surface area contributed by atoms with Crippen molar-refractivity contribution in [2.24, 2.45) is 0 Å². The van der Waals surface area contributed by atoms with E-state index in [-0.39, 0.29) is 0 Å². The molecule has 0 aliphatic rings. The molecular formula is C13H9BrO. The maximum absolute atomic E-state index is 10.7. The zero-order chi connectivity index (χ0) is 10.7. The summed E-state index contributed by atoms with van der Waals surface area (Å²) in [6.45, 7) is 0. The Morgan fingerprint density at radius 3 is 2.33 bits per heavy atom. The van der Waals surface area contributed by atoms with Gasteiger partial charge in [-0.2, -0.15) is 0 Å². The normalized spacial score (nSPS) is 9.93. The Balaban J connectivity index is 2.53. The number of benzene rings is 2. The van der Waals surface area contributed by atoms with E-state index in [0.29, 0.717) is 5.56 Å². The first-order valence-electron chi connectivity index (χ1n) is 4.61. The maximum atomic E-state index is 10.7. The summed E-state index contributed by atoms with van der Waals surface area (Å²) in [4.78, 5) is 10.7. The molecule has 2 aromatic carbocycles. The van der Waals surface area contributed by atoms with E-state index in [0.717, 1.165) is 21.9 Å². The third-order valence-electron chi connectivity index (χ3n) is 2.16. The molecule has 0 bridgehead atoms. The molecule has 0 aromatic heterocycles. The fraction of sp³-hybridized carbons (Fsp3) is 0. The second-order valence-electron chi connectivity index (χ2n) is 3.26. The van der Waals surface area contributed by atoms with Crippen molar-refractivity contribution < 1.29 is 4.79 Å². The molecule has 15 heavy (non-hydrogen) atoms. The molecule has 2 aromatic rings. The van der Waals surface area contributed by atoms with Gasteiger partial charge in [-0.15, -0.1) is 0 Å². The Hall–Kier alpha value is -1.41. The number of hydrogen-bond donors (Lipinski definition) is 0. The van der Waals surface area contributed by atoms with E-state index in [1.807, 2.05) is 42.5 Å². The number of carbonyl (C=O) groups excluding carboxylic acids is 1. The van der Waals surface area contributed by atoms with Crippen LogP contribution in [0.3, 0.4) is 0 Å². The highest BCUT2D eigenvalue weighted by Gasteiger charge is 2.00. The second kappa shape index (κ2) is 4.41. The van der Waals surface area contributed by atoms with Gasteiger partial charge in [0.2, 0.25) is 0 Å². The molecule has 0 radical (unpaired) electrons. The molecule has 0 heterocycles. The van der Waals surface area contributed by atoms with Crippen LogP contribution in [-0.4, -0.2) is 6.29 Å². The van der Waals surface area contributed by atoms with Crippen molar-refractivity contribution in [2.45, 2.75) is 0 Å². The van der Waals surface area contributed by atoms with E-state index in [1.54, 1.807) is 6.07 Å². The van der Waals surface area contributed by atoms with Crippen molar-refractivity contribution in [3.8, 4) is 11.1 Å². The highest BCUT2D eigenvalue weighted by atomic mass is 79.9. The summed E-state index contributed by atoms with van der Waals surface area (Å²) in [7, 11) is 0. The van der Waals surface area contributed by atoms with Gasteiger partial charge in [-0.25, -0.2) is 0 Å². The Labute approximate surface area is 96.9 Å². The Morgan fingerprint density at radius 2 is 1.67 bits per heavy atom. The zero-order valence-corrected chi connectivity index (χ0v) is 9.57. The van der Waals surface area contributed by atoms with Crippen molar-refractivity contribution in [2.75, 3.05) is 0 Å². The molecule has 0 saturated heterocycles. The van der Waals surface area contributed by atoms with Gasteiger partial charge in [-0.05, 0) is 29.3 Å². The van der Waals surface area contributed by atoms with Crippen LogP contribution in [0, 0.1) is 0 Å². The van der Waals surface area contributed by atoms with Crippen LogP contribution in [0.25, 0.3) is 11.1 Å². The number of carbonyl (C=O) groups is 1. The monoisotopic (exact) mass is 260 g/mol. The van der Waals surface area contributed by atoms with Gasteiger partial charge >= 0.3 is 0 Å². The fourth-order valence-electron chi connectivity index (χ4n) is 1.48. The minimum atomic E-state index is 0.684. The van der Waals surface area contributed by atoms with E-state index in [9.17, 15) is 4.79 Å². The van der Waals surface area contributed by atoms with Crippen LogP contribution in [0.15, 0.2) is 53.0 Å². The quantitative estimate of drug-likeness (QED) is 0.748. The van der Waals surface area contributed by atoms with Crippen molar-refractivity contribution in [1.82, 2.24) is 0 Å². The van der Waals surface area contributed by atoms with Crippen molar-refractivity contribution >= 4 is 22.2 Å². The Bertz CT molecular complexity index is 477. The summed E-state index contributed by atoms with van der Waals surface area (Å²) in [5, 5.41) is 0. The molecule has 2 rings (SSSR count). The average molecular weight is 261 g/mol. The van der Waals surface area contributed by atoms with Gasteiger partial charge in [0, 0.05) is 10.0 Å². The van der Waals surface area contributed by atoms with Crippen LogP contribution in [0.2, 0.25) is 0 Å². The van der Waals surface area contributed by atoms with E-state index < -0.39 is 0 Å². The predicted octanol–water partition coefficient (Wildman–Crippen LogP) is 3.93. The van der Waals surface area contributed by atoms with E-state index in [1.165, 1.54) is 0 Å². The fourth-order valence-corrected chi connectivity index (χ4v) is 1.99. The second-order valence-corrected chi connectivity index (χ2v) is 4.17. The van der Waals surface area contributed by atoms with Crippen molar-refractivity contribution in [1.29, 1.82) is 0 Å². The average Bonchev–Trinajstić information content (AvgIpc) is 2.29. The first-order chi connectivity index (χ1) is 7.29. The molecule has 74 valence electrons. The van der Waals surface area contributed by atoms with Crippen molar-refractivity contribution in [3.05, 3.63) is 58.6 Å². The molecule has 0 spiro atoms. The summed E-state index contributed by atoms with van der Waals surface area (Å²) in [6, 6.07) is 15.7. The van der Waals surface area contributed by atoms with Crippen LogP contribution in [0.4, 0.5) is 0 Å². The van der Waals surface area contributed by atoms with Crippen LogP contribution in [0.5, 0.6) is 0 Å². The third-order valence-corrected chi connectivity index (χ3v) is 2.62. The molecule has 0 saturated carbocycles.